The number of nitrogens with one attached hydrogen (secondary N) is 2. The van der Waals surface area contributed by atoms with Crippen LogP contribution in [0.5, 0.6) is 0 Å². The molecule has 0 heterocycles. The van der Waals surface area contributed by atoms with Crippen molar-refractivity contribution in [1.29, 1.82) is 0 Å². The van der Waals surface area contributed by atoms with E-state index in [0.717, 1.165) is 42.5 Å². The zero-order valence-electron chi connectivity index (χ0n) is 19.1. The maximum absolute atomic E-state index is 13.7. The second-order valence-electron chi connectivity index (χ2n) is 7.84. The van der Waals surface area contributed by atoms with Gasteiger partial charge in [-0.3, -0.25) is 9.59 Å². The molecule has 1 unspecified atom stereocenters. The van der Waals surface area contributed by atoms with Crippen LogP contribution < -0.4 is 10.6 Å². The Morgan fingerprint density at radius 3 is 1.77 bits per heavy atom. The van der Waals surface area contributed by atoms with Gasteiger partial charge in [-0.15, -0.1) is 0 Å². The smallest absolute Gasteiger partial charge is 0.332 e. The molecule has 17 heteroatoms. The number of alkyl halides is 9. The van der Waals surface area contributed by atoms with Gasteiger partial charge in [0.25, 0.3) is 11.8 Å². The van der Waals surface area contributed by atoms with E-state index in [0.29, 0.717) is 5.32 Å². The van der Waals surface area contributed by atoms with Gasteiger partial charge >= 0.3 is 18.5 Å². The van der Waals surface area contributed by atoms with Crippen molar-refractivity contribution < 1.29 is 49.1 Å². The van der Waals surface area contributed by atoms with Gasteiger partial charge in [-0.05, 0) is 35.4 Å². The first-order chi connectivity index (χ1) is 18.1. The first-order valence-electron chi connectivity index (χ1n) is 10.3. The van der Waals surface area contributed by atoms with Gasteiger partial charge in [0.1, 0.15) is 0 Å². The molecule has 2 N–H and O–H groups in total. The summed E-state index contributed by atoms with van der Waals surface area (Å²) in [5, 5.41) is 1.42. The Labute approximate surface area is 239 Å². The van der Waals surface area contributed by atoms with E-state index in [1.54, 1.807) is 5.32 Å². The van der Waals surface area contributed by atoms with E-state index in [1.807, 2.05) is 0 Å². The van der Waals surface area contributed by atoms with Crippen LogP contribution in [0.15, 0.2) is 48.7 Å². The molecule has 0 saturated carbocycles. The minimum absolute atomic E-state index is 0.0525. The Balaban J connectivity index is 2.22. The molecular weight excluding hydrogens is 649 g/mol. The highest BCUT2D eigenvalue weighted by Gasteiger charge is 2.57. The Hall–Kier alpha value is -2.61. The molecule has 2 aromatic rings. The molecule has 4 nitrogen and oxygen atoms in total. The van der Waals surface area contributed by atoms with Gasteiger partial charge in [0, 0.05) is 0 Å². The van der Waals surface area contributed by atoms with Crippen molar-refractivity contribution in [1.82, 2.24) is 10.6 Å². The number of amides is 2. The summed E-state index contributed by atoms with van der Waals surface area (Å²) in [5.74, 6) is -5.43. The predicted octanol–water partition coefficient (Wildman–Crippen LogP) is 8.51. The lowest BCUT2D eigenvalue weighted by Gasteiger charge is -2.24. The molecule has 218 valence electrons. The molecule has 0 aromatic heterocycles. The van der Waals surface area contributed by atoms with Crippen molar-refractivity contribution in [3.05, 3.63) is 85.5 Å². The summed E-state index contributed by atoms with van der Waals surface area (Å²) in [5.41, 5.74) is -1.88. The average Bonchev–Trinajstić information content (AvgIpc) is 2.78. The van der Waals surface area contributed by atoms with Gasteiger partial charge < -0.3 is 10.6 Å². The Kier molecular flexibility index (Phi) is 10.5. The van der Waals surface area contributed by atoms with Gasteiger partial charge in [-0.25, -0.2) is 0 Å². The summed E-state index contributed by atoms with van der Waals surface area (Å²) < 4.78 is 117. The third-order valence-electron chi connectivity index (χ3n) is 4.91. The SMILES string of the molecule is C=C(NC(=O)c1ccc(/C=C/C(c2cc(Cl)c(Cl)c(Cl)c2)C(F)(F)F)cc1Cl)C(=O)NC(C(F)(F)F)C(F)(F)F. The topological polar surface area (TPSA) is 58.2 Å². The van der Waals surface area contributed by atoms with Gasteiger partial charge in [0.15, 0.2) is 0 Å². The van der Waals surface area contributed by atoms with E-state index < -0.39 is 58.6 Å². The number of rotatable bonds is 7. The van der Waals surface area contributed by atoms with Crippen molar-refractivity contribution in [2.24, 2.45) is 0 Å². The lowest BCUT2D eigenvalue weighted by molar-refractivity contribution is -0.257. The lowest BCUT2D eigenvalue weighted by Crippen LogP contribution is -2.55. The minimum Gasteiger partial charge on any atom is -0.332 e. The van der Waals surface area contributed by atoms with E-state index in [4.69, 9.17) is 46.4 Å². The fourth-order valence-corrected chi connectivity index (χ4v) is 3.91. The molecule has 0 saturated heterocycles. The van der Waals surface area contributed by atoms with Crippen LogP contribution in [-0.4, -0.2) is 36.4 Å². The standard InChI is InChI=1S/C23H13Cl4F9N2O2/c1-9(18(39)38-20(22(31,32)33)23(34,35)36)37-19(40)12-4-2-10(6-14(12)24)3-5-13(21(28,29)30)11-7-15(25)17(27)16(26)8-11/h2-8,13,20H,1H2,(H,37,40)(H,38,39)/b5-3+. The van der Waals surface area contributed by atoms with Crippen molar-refractivity contribution in [3.8, 4) is 0 Å². The van der Waals surface area contributed by atoms with E-state index in [9.17, 15) is 49.1 Å². The fourth-order valence-electron chi connectivity index (χ4n) is 3.02. The Bertz CT molecular complexity index is 1300. The number of benzene rings is 2. The number of hydrogen-bond donors (Lipinski definition) is 2. The molecule has 0 bridgehead atoms. The molecule has 2 aromatic carbocycles. The van der Waals surface area contributed by atoms with Crippen LogP contribution in [0.1, 0.15) is 27.4 Å². The van der Waals surface area contributed by atoms with E-state index in [2.05, 4.69) is 6.58 Å². The predicted molar refractivity (Wildman–Crippen MR) is 131 cm³/mol. The fraction of sp³-hybridized carbons (Fsp3) is 0.217. The van der Waals surface area contributed by atoms with Crippen molar-refractivity contribution in [3.63, 3.8) is 0 Å². The minimum atomic E-state index is -5.89. The Morgan fingerprint density at radius 1 is 0.800 bits per heavy atom. The zero-order chi connectivity index (χ0) is 30.8. The second kappa shape index (κ2) is 12.5. The van der Waals surface area contributed by atoms with Crippen molar-refractivity contribution in [2.45, 2.75) is 30.5 Å². The first-order valence-corrected chi connectivity index (χ1v) is 11.8. The number of carbonyl (C=O) groups excluding carboxylic acids is 2. The van der Waals surface area contributed by atoms with Crippen molar-refractivity contribution in [2.75, 3.05) is 0 Å². The highest BCUT2D eigenvalue weighted by Crippen LogP contribution is 2.41. The van der Waals surface area contributed by atoms with Crippen LogP contribution in [0.25, 0.3) is 6.08 Å². The summed E-state index contributed by atoms with van der Waals surface area (Å²) in [4.78, 5) is 24.1. The molecule has 2 rings (SSSR count). The van der Waals surface area contributed by atoms with Crippen molar-refractivity contribution >= 4 is 64.3 Å². The molecular formula is C23H13Cl4F9N2O2. The van der Waals surface area contributed by atoms with E-state index in [1.165, 1.54) is 0 Å². The molecule has 0 spiro atoms. The maximum Gasteiger partial charge on any atom is 0.417 e. The molecule has 40 heavy (non-hydrogen) atoms. The molecule has 0 radical (unpaired) electrons. The average molecular weight is 662 g/mol. The molecule has 1 atom stereocenters. The number of hydrogen-bond acceptors (Lipinski definition) is 2. The number of halogens is 13. The maximum atomic E-state index is 13.7. The van der Waals surface area contributed by atoms with Gasteiger partial charge in [-0.2, -0.15) is 39.5 Å². The van der Waals surface area contributed by atoms with Crippen LogP contribution in [0.2, 0.25) is 20.1 Å². The van der Waals surface area contributed by atoms with Gasteiger partial charge in [0.05, 0.1) is 37.3 Å². The molecule has 0 fully saturated rings. The van der Waals surface area contributed by atoms with Crippen LogP contribution in [0.4, 0.5) is 39.5 Å². The third-order valence-corrected chi connectivity index (χ3v) is 6.41. The van der Waals surface area contributed by atoms with Crippen LogP contribution in [-0.2, 0) is 4.79 Å². The number of allylic oxidation sites excluding steroid dienone is 1. The molecule has 0 aliphatic carbocycles. The zero-order valence-corrected chi connectivity index (χ0v) is 22.2. The Morgan fingerprint density at radius 2 is 1.32 bits per heavy atom. The van der Waals surface area contributed by atoms with Gasteiger partial charge in [-0.1, -0.05) is 71.2 Å². The first kappa shape index (κ1) is 33.6. The normalized spacial score (nSPS) is 13.4. The summed E-state index contributed by atoms with van der Waals surface area (Å²) in [6.07, 6.45) is -14.8. The largest absolute Gasteiger partial charge is 0.417 e. The second-order valence-corrected chi connectivity index (χ2v) is 9.44. The highest BCUT2D eigenvalue weighted by atomic mass is 35.5. The highest BCUT2D eigenvalue weighted by molar-refractivity contribution is 6.48. The summed E-state index contributed by atoms with van der Waals surface area (Å²) in [6, 6.07) is 0.875. The van der Waals surface area contributed by atoms with Crippen LogP contribution in [0, 0.1) is 0 Å². The quantitative estimate of drug-likeness (QED) is 0.178. The molecule has 0 aliphatic rings. The van der Waals surface area contributed by atoms with E-state index >= 15 is 0 Å². The van der Waals surface area contributed by atoms with E-state index in [-0.39, 0.29) is 26.2 Å². The summed E-state index contributed by atoms with van der Waals surface area (Å²) in [6.45, 7) is 2.94. The van der Waals surface area contributed by atoms with Crippen LogP contribution in [0.3, 0.4) is 0 Å². The summed E-state index contributed by atoms with van der Waals surface area (Å²) in [7, 11) is 0. The summed E-state index contributed by atoms with van der Waals surface area (Å²) >= 11 is 23.4. The monoisotopic (exact) mass is 660 g/mol. The lowest BCUT2D eigenvalue weighted by atomic mass is 9.97. The molecule has 0 aliphatic heterocycles. The van der Waals surface area contributed by atoms with Gasteiger partial charge in [0.2, 0.25) is 6.04 Å². The third kappa shape index (κ3) is 8.69. The molecule has 2 amide bonds. The number of carbonyl (C=O) groups is 2. The van der Waals surface area contributed by atoms with Crippen LogP contribution >= 0.6 is 46.4 Å².